The fourth-order valence-electron chi connectivity index (χ4n) is 2.90. The summed E-state index contributed by atoms with van der Waals surface area (Å²) in [5.41, 5.74) is -0.211. The summed E-state index contributed by atoms with van der Waals surface area (Å²) in [5, 5.41) is 8.39. The predicted octanol–water partition coefficient (Wildman–Crippen LogP) is 2.05. The van der Waals surface area contributed by atoms with E-state index in [0.717, 1.165) is 19.4 Å². The van der Waals surface area contributed by atoms with Gasteiger partial charge in [0.15, 0.2) is 0 Å². The van der Waals surface area contributed by atoms with Gasteiger partial charge in [-0.05, 0) is 25.0 Å². The zero-order chi connectivity index (χ0) is 18.1. The molecule has 1 saturated heterocycles. The largest absolute Gasteiger partial charge is 0.346 e. The number of anilines is 2. The molecule has 134 valence electrons. The number of rotatable bonds is 3. The monoisotopic (exact) mass is 390 g/mol. The van der Waals surface area contributed by atoms with Crippen LogP contribution in [0.25, 0.3) is 4.96 Å². The van der Waals surface area contributed by atoms with Crippen LogP contribution >= 0.6 is 22.9 Å². The molecule has 1 N–H and O–H groups in total. The first kappa shape index (κ1) is 16.9. The lowest BCUT2D eigenvalue weighted by Crippen LogP contribution is -2.41. The minimum atomic E-state index is -0.211. The van der Waals surface area contributed by atoms with Crippen LogP contribution in [-0.4, -0.2) is 38.6 Å². The van der Waals surface area contributed by atoms with Crippen molar-refractivity contribution in [2.75, 3.05) is 23.3 Å². The number of pyridine rings is 1. The van der Waals surface area contributed by atoms with E-state index in [-0.39, 0.29) is 17.4 Å². The van der Waals surface area contributed by atoms with Gasteiger partial charge in [0.1, 0.15) is 5.82 Å². The molecule has 0 saturated carbocycles. The normalized spacial score (nSPS) is 17.4. The highest BCUT2D eigenvalue weighted by Gasteiger charge is 2.28. The Hall–Kier alpha value is -2.52. The molecule has 0 aliphatic carbocycles. The molecule has 1 unspecified atom stereocenters. The van der Waals surface area contributed by atoms with E-state index >= 15 is 0 Å². The molecule has 3 aromatic rings. The molecule has 3 aromatic heterocycles. The summed E-state index contributed by atoms with van der Waals surface area (Å²) in [6.07, 6.45) is 4.63. The maximum absolute atomic E-state index is 12.6. The Bertz CT molecular complexity index is 1000. The molecule has 8 nitrogen and oxygen atoms in total. The van der Waals surface area contributed by atoms with E-state index in [1.807, 2.05) is 4.90 Å². The Morgan fingerprint density at radius 1 is 1.31 bits per heavy atom. The van der Waals surface area contributed by atoms with E-state index in [2.05, 4.69) is 20.4 Å². The highest BCUT2D eigenvalue weighted by molar-refractivity contribution is 7.20. The van der Waals surface area contributed by atoms with Crippen LogP contribution in [0.1, 0.15) is 12.8 Å². The van der Waals surface area contributed by atoms with E-state index in [4.69, 9.17) is 11.6 Å². The summed E-state index contributed by atoms with van der Waals surface area (Å²) >= 11 is 7.16. The minimum absolute atomic E-state index is 0.0825. The number of amides is 1. The van der Waals surface area contributed by atoms with Gasteiger partial charge in [-0.15, -0.1) is 5.10 Å². The molecule has 1 fully saturated rings. The van der Waals surface area contributed by atoms with Gasteiger partial charge in [0.25, 0.3) is 5.56 Å². The maximum atomic E-state index is 12.6. The van der Waals surface area contributed by atoms with Crippen molar-refractivity contribution in [1.82, 2.24) is 19.6 Å². The lowest BCUT2D eigenvalue weighted by atomic mass is 9.97. The number of halogens is 1. The Morgan fingerprint density at radius 2 is 2.19 bits per heavy atom. The first-order chi connectivity index (χ1) is 12.6. The van der Waals surface area contributed by atoms with Gasteiger partial charge in [-0.2, -0.15) is 4.52 Å². The lowest BCUT2D eigenvalue weighted by Gasteiger charge is -2.31. The summed E-state index contributed by atoms with van der Waals surface area (Å²) in [6, 6.07) is 4.73. The first-order valence-corrected chi connectivity index (χ1v) is 9.32. The van der Waals surface area contributed by atoms with E-state index < -0.39 is 0 Å². The third-order valence-electron chi connectivity index (χ3n) is 4.20. The number of hydrogen-bond donors (Lipinski definition) is 1. The predicted molar refractivity (Wildman–Crippen MR) is 99.9 cm³/mol. The number of nitrogens with one attached hydrogen (secondary N) is 1. The third kappa shape index (κ3) is 3.40. The first-order valence-electron chi connectivity index (χ1n) is 8.12. The number of nitrogens with zero attached hydrogens (tertiary/aromatic N) is 5. The number of piperidine rings is 1. The molecule has 4 rings (SSSR count). The van der Waals surface area contributed by atoms with Crippen LogP contribution in [0.2, 0.25) is 5.02 Å². The fourth-order valence-corrected chi connectivity index (χ4v) is 3.93. The van der Waals surface area contributed by atoms with Gasteiger partial charge in [-0.3, -0.25) is 9.59 Å². The molecule has 1 aliphatic rings. The van der Waals surface area contributed by atoms with Crippen LogP contribution in [0.4, 0.5) is 10.9 Å². The van der Waals surface area contributed by atoms with E-state index in [9.17, 15) is 9.59 Å². The highest BCUT2D eigenvalue weighted by atomic mass is 35.5. The Morgan fingerprint density at radius 3 is 2.96 bits per heavy atom. The standard InChI is InChI=1S/C16H15ClN6O2S/c17-11-3-4-12(19-8-11)20-14(25)10-2-1-7-22(9-10)16-21-23-13(24)5-6-18-15(23)26-16/h3-6,8,10H,1-2,7,9H2,(H,19,20,25). The minimum Gasteiger partial charge on any atom is -0.346 e. The van der Waals surface area contributed by atoms with Crippen molar-refractivity contribution in [3.63, 3.8) is 0 Å². The third-order valence-corrected chi connectivity index (χ3v) is 5.41. The molecule has 26 heavy (non-hydrogen) atoms. The van der Waals surface area contributed by atoms with Crippen molar-refractivity contribution in [1.29, 1.82) is 0 Å². The summed E-state index contributed by atoms with van der Waals surface area (Å²) < 4.78 is 1.29. The molecule has 0 aromatic carbocycles. The quantitative estimate of drug-likeness (QED) is 0.735. The van der Waals surface area contributed by atoms with Crippen molar-refractivity contribution in [2.45, 2.75) is 12.8 Å². The molecule has 1 aliphatic heterocycles. The Balaban J connectivity index is 1.49. The zero-order valence-corrected chi connectivity index (χ0v) is 15.2. The molecular weight excluding hydrogens is 376 g/mol. The van der Waals surface area contributed by atoms with Gasteiger partial charge < -0.3 is 10.2 Å². The smallest absolute Gasteiger partial charge is 0.275 e. The van der Waals surface area contributed by atoms with Crippen LogP contribution in [0.15, 0.2) is 35.4 Å². The van der Waals surface area contributed by atoms with Gasteiger partial charge >= 0.3 is 0 Å². The van der Waals surface area contributed by atoms with Gasteiger partial charge in [-0.25, -0.2) is 9.97 Å². The zero-order valence-electron chi connectivity index (χ0n) is 13.6. The number of carbonyl (C=O) groups excluding carboxylic acids is 1. The number of carbonyl (C=O) groups is 1. The Kier molecular flexibility index (Phi) is 4.56. The molecule has 0 radical (unpaired) electrons. The number of hydrogen-bond acceptors (Lipinski definition) is 7. The van der Waals surface area contributed by atoms with Crippen LogP contribution in [0.3, 0.4) is 0 Å². The molecule has 10 heteroatoms. The average Bonchev–Trinajstić information content (AvgIpc) is 3.09. The van der Waals surface area contributed by atoms with Crippen molar-refractivity contribution in [2.24, 2.45) is 5.92 Å². The Labute approximate surface area is 157 Å². The molecule has 0 spiro atoms. The molecular formula is C16H15ClN6O2S. The van der Waals surface area contributed by atoms with Gasteiger partial charge in [0.2, 0.25) is 16.0 Å². The SMILES string of the molecule is O=C(Nc1ccc(Cl)cn1)C1CCCN(c2nn3c(=O)ccnc3s2)C1. The summed E-state index contributed by atoms with van der Waals surface area (Å²) in [4.78, 5) is 35.2. The molecule has 1 atom stereocenters. The topological polar surface area (TPSA) is 92.5 Å². The second-order valence-corrected chi connectivity index (χ2v) is 7.37. The van der Waals surface area contributed by atoms with Crippen molar-refractivity contribution in [3.8, 4) is 0 Å². The van der Waals surface area contributed by atoms with E-state index in [0.29, 0.717) is 27.5 Å². The highest BCUT2D eigenvalue weighted by Crippen LogP contribution is 2.27. The van der Waals surface area contributed by atoms with Crippen LogP contribution in [0.5, 0.6) is 0 Å². The van der Waals surface area contributed by atoms with Gasteiger partial charge in [0.05, 0.1) is 10.9 Å². The molecule has 4 heterocycles. The van der Waals surface area contributed by atoms with E-state index in [1.165, 1.54) is 34.3 Å². The van der Waals surface area contributed by atoms with Crippen LogP contribution < -0.4 is 15.8 Å². The summed E-state index contributed by atoms with van der Waals surface area (Å²) in [6.45, 7) is 1.32. The second-order valence-electron chi connectivity index (χ2n) is 6.00. The van der Waals surface area contributed by atoms with Gasteiger partial charge in [-0.1, -0.05) is 22.9 Å². The molecule has 1 amide bonds. The summed E-state index contributed by atoms with van der Waals surface area (Å²) in [5.74, 6) is 0.214. The lowest BCUT2D eigenvalue weighted by molar-refractivity contribution is -0.120. The number of fused-ring (bicyclic) bond motifs is 1. The summed E-state index contributed by atoms with van der Waals surface area (Å²) in [7, 11) is 0. The maximum Gasteiger partial charge on any atom is 0.275 e. The second kappa shape index (κ2) is 7.00. The van der Waals surface area contributed by atoms with Crippen LogP contribution in [0, 0.1) is 5.92 Å². The average molecular weight is 391 g/mol. The van der Waals surface area contributed by atoms with Gasteiger partial charge in [0, 0.05) is 31.5 Å². The fraction of sp³-hybridized carbons (Fsp3) is 0.312. The van der Waals surface area contributed by atoms with Crippen molar-refractivity contribution in [3.05, 3.63) is 46.0 Å². The number of aromatic nitrogens is 4. The molecule has 0 bridgehead atoms. The van der Waals surface area contributed by atoms with E-state index in [1.54, 1.807) is 12.1 Å². The van der Waals surface area contributed by atoms with Crippen LogP contribution in [-0.2, 0) is 4.79 Å². The van der Waals surface area contributed by atoms with Crippen molar-refractivity contribution < 1.29 is 4.79 Å². The van der Waals surface area contributed by atoms with Crippen molar-refractivity contribution >= 4 is 44.8 Å².